The van der Waals surface area contributed by atoms with E-state index in [0.29, 0.717) is 6.42 Å². The van der Waals surface area contributed by atoms with Crippen LogP contribution in [0.4, 0.5) is 0 Å². The minimum Gasteiger partial charge on any atom is -0.394 e. The Labute approximate surface area is 453 Å². The van der Waals surface area contributed by atoms with E-state index in [0.717, 1.165) is 83.5 Å². The molecule has 0 aromatic carbocycles. The van der Waals surface area contributed by atoms with E-state index < -0.39 is 86.8 Å². The monoisotopic (exact) mass is 1060 g/mol. The largest absolute Gasteiger partial charge is 0.394 e. The molecule has 75 heavy (non-hydrogen) atoms. The molecule has 9 N–H and O–H groups in total. The summed E-state index contributed by atoms with van der Waals surface area (Å²) in [4.78, 5) is 13.3. The summed E-state index contributed by atoms with van der Waals surface area (Å²) in [7, 11) is 0. The van der Waals surface area contributed by atoms with Gasteiger partial charge in [0.05, 0.1) is 32.0 Å². The fourth-order valence-corrected chi connectivity index (χ4v) is 9.38. The summed E-state index contributed by atoms with van der Waals surface area (Å²) in [6.07, 6.45) is 43.6. The second kappa shape index (κ2) is 46.4. The molecule has 0 bridgehead atoms. The van der Waals surface area contributed by atoms with Gasteiger partial charge in [-0.25, -0.2) is 0 Å². The minimum atomic E-state index is -1.79. The number of aliphatic hydroxyl groups is 8. The first-order valence-corrected chi connectivity index (χ1v) is 29.7. The van der Waals surface area contributed by atoms with Crippen LogP contribution in [-0.4, -0.2) is 140 Å². The van der Waals surface area contributed by atoms with Crippen LogP contribution in [0.25, 0.3) is 0 Å². The molecule has 2 aliphatic heterocycles. The molecule has 12 unspecified atom stereocenters. The number of ether oxygens (including phenoxy) is 4. The second-order valence-electron chi connectivity index (χ2n) is 20.7. The van der Waals surface area contributed by atoms with Gasteiger partial charge in [0.2, 0.25) is 5.91 Å². The molecule has 2 fully saturated rings. The van der Waals surface area contributed by atoms with Crippen molar-refractivity contribution in [1.82, 2.24) is 5.32 Å². The molecule has 2 heterocycles. The summed E-state index contributed by atoms with van der Waals surface area (Å²) in [5.74, 6) is -0.260. The SMILES string of the molecule is CC/C=C\C/C=C\C/C=C\C/C=C\C/C=C\CCCCCCCC(=O)NC(COC1OC(CO)C(OC2OC(CO)C(O)C(O)C2O)C(O)C1O)C(O)/C=C/CCCCCCCCCCCCCCCCCCCC. The van der Waals surface area contributed by atoms with Crippen LogP contribution in [0.15, 0.2) is 72.9 Å². The number of allylic oxidation sites excluding steroid dienone is 11. The van der Waals surface area contributed by atoms with E-state index in [1.807, 2.05) is 6.08 Å². The van der Waals surface area contributed by atoms with Gasteiger partial charge in [-0.1, -0.05) is 215 Å². The molecule has 1 amide bonds. The fraction of sp³-hybridized carbons (Fsp3) is 0.787. The summed E-state index contributed by atoms with van der Waals surface area (Å²) in [5, 5.41) is 87.1. The molecule has 12 atom stereocenters. The van der Waals surface area contributed by atoms with Gasteiger partial charge in [0.15, 0.2) is 12.6 Å². The highest BCUT2D eigenvalue weighted by molar-refractivity contribution is 5.76. The quantitative estimate of drug-likeness (QED) is 0.0205. The normalized spacial score (nSPS) is 25.6. The Morgan fingerprint density at radius 2 is 0.920 bits per heavy atom. The lowest BCUT2D eigenvalue weighted by Crippen LogP contribution is -2.65. The molecule has 2 saturated heterocycles. The van der Waals surface area contributed by atoms with Crippen LogP contribution in [0.5, 0.6) is 0 Å². The van der Waals surface area contributed by atoms with Crippen molar-refractivity contribution in [3.8, 4) is 0 Å². The van der Waals surface area contributed by atoms with Gasteiger partial charge in [0.25, 0.3) is 0 Å². The third kappa shape index (κ3) is 32.2. The van der Waals surface area contributed by atoms with Crippen LogP contribution in [0.3, 0.4) is 0 Å². The molecule has 14 heteroatoms. The average molecular weight is 1060 g/mol. The number of hydrogen-bond acceptors (Lipinski definition) is 13. The molecule has 0 radical (unpaired) electrons. The standard InChI is InChI=1S/C61H107NO13/c1-3-5-7-9-11-13-15-17-19-21-23-25-27-29-31-33-35-37-39-41-43-45-53(66)62-49(50(65)44-42-40-38-36-34-32-30-28-26-24-22-20-18-16-14-12-10-8-6-4-2)48-72-60-58(71)56(69)59(52(47-64)74-60)75-61-57(70)55(68)54(67)51(46-63)73-61/h5,7,11,13,17,19,23,25,29,31,42,44,49-52,54-61,63-65,67-71H,3-4,6,8-10,12,14-16,18,20-22,24,26-28,30,32-41,43,45-48H2,1-2H3,(H,62,66)/b7-5-,13-11-,19-17-,25-23-,31-29-,44-42+. The first-order chi connectivity index (χ1) is 36.6. The van der Waals surface area contributed by atoms with Crippen molar-refractivity contribution in [3.63, 3.8) is 0 Å². The molecule has 14 nitrogen and oxygen atoms in total. The number of amides is 1. The highest BCUT2D eigenvalue weighted by Gasteiger charge is 2.51. The van der Waals surface area contributed by atoms with E-state index in [-0.39, 0.29) is 18.9 Å². The molecular formula is C61H107NO13. The lowest BCUT2D eigenvalue weighted by atomic mass is 9.97. The lowest BCUT2D eigenvalue weighted by Gasteiger charge is -2.46. The maximum absolute atomic E-state index is 13.3. The predicted molar refractivity (Wildman–Crippen MR) is 300 cm³/mol. The van der Waals surface area contributed by atoms with Gasteiger partial charge in [-0.05, 0) is 64.2 Å². The van der Waals surface area contributed by atoms with E-state index in [4.69, 9.17) is 18.9 Å². The Bertz CT molecular complexity index is 1530. The van der Waals surface area contributed by atoms with Crippen LogP contribution in [0.1, 0.15) is 213 Å². The number of nitrogens with one attached hydrogen (secondary N) is 1. The smallest absolute Gasteiger partial charge is 0.220 e. The fourth-order valence-electron chi connectivity index (χ4n) is 9.38. The van der Waals surface area contributed by atoms with Crippen LogP contribution < -0.4 is 5.32 Å². The Morgan fingerprint density at radius 1 is 0.493 bits per heavy atom. The van der Waals surface area contributed by atoms with E-state index >= 15 is 0 Å². The molecule has 434 valence electrons. The maximum Gasteiger partial charge on any atom is 0.220 e. The van der Waals surface area contributed by atoms with E-state index in [2.05, 4.69) is 79.9 Å². The topological polar surface area (TPSA) is 228 Å². The van der Waals surface area contributed by atoms with Crippen LogP contribution in [-0.2, 0) is 23.7 Å². The Balaban J connectivity index is 1.79. The van der Waals surface area contributed by atoms with Crippen molar-refractivity contribution in [1.29, 1.82) is 0 Å². The molecule has 0 aromatic heterocycles. The molecule has 2 rings (SSSR count). The minimum absolute atomic E-state index is 0.256. The first kappa shape index (κ1) is 68.5. The van der Waals surface area contributed by atoms with Gasteiger partial charge in [0, 0.05) is 6.42 Å². The first-order valence-electron chi connectivity index (χ1n) is 29.7. The number of carbonyl (C=O) groups excluding carboxylic acids is 1. The summed E-state index contributed by atoms with van der Waals surface area (Å²) >= 11 is 0. The molecule has 0 spiro atoms. The van der Waals surface area contributed by atoms with Crippen molar-refractivity contribution < 1.29 is 64.6 Å². The molecule has 0 saturated carbocycles. The third-order valence-corrected chi connectivity index (χ3v) is 14.1. The van der Waals surface area contributed by atoms with E-state index in [9.17, 15) is 45.6 Å². The van der Waals surface area contributed by atoms with Crippen molar-refractivity contribution in [2.24, 2.45) is 0 Å². The van der Waals surface area contributed by atoms with Crippen molar-refractivity contribution in [2.45, 2.75) is 286 Å². The molecule has 0 aliphatic carbocycles. The van der Waals surface area contributed by atoms with E-state index in [1.165, 1.54) is 103 Å². The summed E-state index contributed by atoms with van der Waals surface area (Å²) in [6, 6.07) is -0.929. The molecule has 0 aromatic rings. The summed E-state index contributed by atoms with van der Waals surface area (Å²) in [5.41, 5.74) is 0. The zero-order valence-electron chi connectivity index (χ0n) is 46.5. The number of unbranched alkanes of at least 4 members (excludes halogenated alkanes) is 23. The number of carbonyl (C=O) groups is 1. The Kier molecular flexibility index (Phi) is 42.4. The van der Waals surface area contributed by atoms with Gasteiger partial charge in [-0.3, -0.25) is 4.79 Å². The number of aliphatic hydroxyl groups excluding tert-OH is 8. The third-order valence-electron chi connectivity index (χ3n) is 14.1. The van der Waals surface area contributed by atoms with Crippen LogP contribution in [0.2, 0.25) is 0 Å². The molecular weight excluding hydrogens is 955 g/mol. The molecule has 2 aliphatic rings. The van der Waals surface area contributed by atoms with Crippen LogP contribution >= 0.6 is 0 Å². The highest BCUT2D eigenvalue weighted by atomic mass is 16.7. The Morgan fingerprint density at radius 3 is 1.41 bits per heavy atom. The average Bonchev–Trinajstić information content (AvgIpc) is 3.41. The van der Waals surface area contributed by atoms with Gasteiger partial charge in [-0.2, -0.15) is 0 Å². The maximum atomic E-state index is 13.3. The van der Waals surface area contributed by atoms with Crippen LogP contribution in [0, 0.1) is 0 Å². The van der Waals surface area contributed by atoms with Crippen molar-refractivity contribution in [3.05, 3.63) is 72.9 Å². The lowest BCUT2D eigenvalue weighted by molar-refractivity contribution is -0.359. The van der Waals surface area contributed by atoms with E-state index in [1.54, 1.807) is 6.08 Å². The highest BCUT2D eigenvalue weighted by Crippen LogP contribution is 2.30. The van der Waals surface area contributed by atoms with Gasteiger partial charge < -0.3 is 65.1 Å². The zero-order valence-corrected chi connectivity index (χ0v) is 46.5. The number of hydrogen-bond donors (Lipinski definition) is 9. The summed E-state index contributed by atoms with van der Waals surface area (Å²) in [6.45, 7) is 2.67. The van der Waals surface area contributed by atoms with Gasteiger partial charge in [-0.15, -0.1) is 0 Å². The number of rotatable bonds is 46. The van der Waals surface area contributed by atoms with Gasteiger partial charge in [0.1, 0.15) is 48.8 Å². The second-order valence-corrected chi connectivity index (χ2v) is 20.7. The predicted octanol–water partition coefficient (Wildman–Crippen LogP) is 9.94. The van der Waals surface area contributed by atoms with Crippen molar-refractivity contribution >= 4 is 5.91 Å². The zero-order chi connectivity index (χ0) is 54.6. The summed E-state index contributed by atoms with van der Waals surface area (Å²) < 4.78 is 22.8. The Hall–Kier alpha value is -2.57. The van der Waals surface area contributed by atoms with Gasteiger partial charge >= 0.3 is 0 Å². The van der Waals surface area contributed by atoms with Crippen molar-refractivity contribution in [2.75, 3.05) is 19.8 Å².